The second-order valence-corrected chi connectivity index (χ2v) is 6.48. The largest absolute Gasteiger partial charge is 0.395 e. The Labute approximate surface area is 143 Å². The van der Waals surface area contributed by atoms with Gasteiger partial charge in [0.05, 0.1) is 18.0 Å². The lowest BCUT2D eigenvalue weighted by Gasteiger charge is -2.20. The average molecular weight is 331 g/mol. The van der Waals surface area contributed by atoms with Gasteiger partial charge in [0.1, 0.15) is 5.82 Å². The van der Waals surface area contributed by atoms with Gasteiger partial charge in [-0.15, -0.1) is 0 Å². The molecule has 0 unspecified atom stereocenters. The van der Waals surface area contributed by atoms with E-state index in [1.165, 1.54) is 6.07 Å². The maximum absolute atomic E-state index is 14.0. The first-order valence-electron chi connectivity index (χ1n) is 8.19. The first kappa shape index (κ1) is 18.4. The van der Waals surface area contributed by atoms with Gasteiger partial charge in [-0.2, -0.15) is 0 Å². The molecule has 2 aromatic rings. The molecule has 2 rings (SSSR count). The fourth-order valence-corrected chi connectivity index (χ4v) is 2.44. The highest BCUT2D eigenvalue weighted by Crippen LogP contribution is 2.22. The molecule has 1 aromatic heterocycles. The van der Waals surface area contributed by atoms with E-state index in [4.69, 9.17) is 0 Å². The summed E-state index contributed by atoms with van der Waals surface area (Å²) in [6.45, 7) is 4.34. The molecule has 5 heteroatoms. The Morgan fingerprint density at radius 2 is 1.79 bits per heavy atom. The quantitative estimate of drug-likeness (QED) is 0.819. The van der Waals surface area contributed by atoms with E-state index < -0.39 is 0 Å². The van der Waals surface area contributed by atoms with Crippen LogP contribution in [0, 0.1) is 11.7 Å². The third-order valence-electron chi connectivity index (χ3n) is 4.13. The van der Waals surface area contributed by atoms with E-state index in [1.807, 2.05) is 57.1 Å². The van der Waals surface area contributed by atoms with Crippen LogP contribution in [0.25, 0.3) is 11.3 Å². The van der Waals surface area contributed by atoms with Crippen LogP contribution in [0.15, 0.2) is 36.4 Å². The van der Waals surface area contributed by atoms with Crippen molar-refractivity contribution in [3.05, 3.63) is 47.9 Å². The minimum Gasteiger partial charge on any atom is -0.395 e. The van der Waals surface area contributed by atoms with Crippen molar-refractivity contribution < 1.29 is 9.50 Å². The number of nitrogens with one attached hydrogen (secondary N) is 1. The number of nitrogens with zero attached hydrogens (tertiary/aromatic N) is 2. The number of hydrogen-bond donors (Lipinski definition) is 2. The molecule has 130 valence electrons. The molecule has 0 bridgehead atoms. The van der Waals surface area contributed by atoms with Crippen LogP contribution in [0.3, 0.4) is 0 Å². The highest BCUT2D eigenvalue weighted by atomic mass is 19.1. The van der Waals surface area contributed by atoms with E-state index in [-0.39, 0.29) is 24.4 Å². The van der Waals surface area contributed by atoms with Crippen molar-refractivity contribution in [2.75, 3.05) is 25.6 Å². The van der Waals surface area contributed by atoms with Crippen LogP contribution >= 0.6 is 0 Å². The molecule has 0 fully saturated rings. The zero-order chi connectivity index (χ0) is 17.7. The highest BCUT2D eigenvalue weighted by Gasteiger charge is 2.14. The molecule has 0 spiro atoms. The number of benzene rings is 1. The van der Waals surface area contributed by atoms with Crippen molar-refractivity contribution >= 4 is 5.69 Å². The van der Waals surface area contributed by atoms with Gasteiger partial charge in [0, 0.05) is 37.9 Å². The van der Waals surface area contributed by atoms with Crippen LogP contribution in [-0.2, 0) is 6.54 Å². The number of rotatable bonds is 7. The van der Waals surface area contributed by atoms with Gasteiger partial charge in [-0.05, 0) is 30.2 Å². The van der Waals surface area contributed by atoms with E-state index in [2.05, 4.69) is 10.3 Å². The summed E-state index contributed by atoms with van der Waals surface area (Å²) in [7, 11) is 3.97. The zero-order valence-electron chi connectivity index (χ0n) is 14.8. The van der Waals surface area contributed by atoms with Gasteiger partial charge >= 0.3 is 0 Å². The molecule has 0 saturated heterocycles. The van der Waals surface area contributed by atoms with E-state index >= 15 is 0 Å². The Hall–Kier alpha value is -1.98. The highest BCUT2D eigenvalue weighted by molar-refractivity contribution is 5.63. The number of pyridine rings is 1. The van der Waals surface area contributed by atoms with Gasteiger partial charge < -0.3 is 15.3 Å². The molecule has 1 atom stereocenters. The van der Waals surface area contributed by atoms with Gasteiger partial charge in [0.25, 0.3) is 0 Å². The van der Waals surface area contributed by atoms with Crippen molar-refractivity contribution in [1.29, 1.82) is 0 Å². The lowest BCUT2D eigenvalue weighted by molar-refractivity contribution is 0.209. The van der Waals surface area contributed by atoms with Crippen LogP contribution in [-0.4, -0.2) is 36.8 Å². The maximum Gasteiger partial charge on any atom is 0.146 e. The van der Waals surface area contributed by atoms with E-state index in [1.54, 1.807) is 6.07 Å². The summed E-state index contributed by atoms with van der Waals surface area (Å²) < 4.78 is 14.0. The summed E-state index contributed by atoms with van der Waals surface area (Å²) in [6.07, 6.45) is 0. The monoisotopic (exact) mass is 331 g/mol. The molecule has 0 amide bonds. The SMILES string of the molecule is CC(C)[C@H](CO)NCc1nc(-c2ccc(N(C)C)cc2)ccc1F. The number of hydrogen-bond acceptors (Lipinski definition) is 4. The number of aliphatic hydroxyl groups excluding tert-OH is 1. The summed E-state index contributed by atoms with van der Waals surface area (Å²) in [4.78, 5) is 6.48. The molecule has 0 radical (unpaired) electrons. The first-order valence-corrected chi connectivity index (χ1v) is 8.19. The van der Waals surface area contributed by atoms with Crippen LogP contribution in [0.2, 0.25) is 0 Å². The summed E-state index contributed by atoms with van der Waals surface area (Å²) in [5, 5.41) is 12.5. The van der Waals surface area contributed by atoms with Crippen molar-refractivity contribution in [3.8, 4) is 11.3 Å². The fourth-order valence-electron chi connectivity index (χ4n) is 2.44. The minimum absolute atomic E-state index is 0.0188. The van der Waals surface area contributed by atoms with Crippen LogP contribution < -0.4 is 10.2 Å². The molecular weight excluding hydrogens is 305 g/mol. The standard InChI is InChI=1S/C19H26FN3O/c1-13(2)19(12-24)21-11-18-16(20)9-10-17(22-18)14-5-7-15(8-6-14)23(3)4/h5-10,13,19,21,24H,11-12H2,1-4H3/t19-/m0/s1. The average Bonchev–Trinajstić information content (AvgIpc) is 2.56. The molecule has 0 aliphatic carbocycles. The molecule has 1 aromatic carbocycles. The normalized spacial score (nSPS) is 12.5. The molecule has 2 N–H and O–H groups in total. The van der Waals surface area contributed by atoms with Gasteiger partial charge in [0.15, 0.2) is 0 Å². The third kappa shape index (κ3) is 4.52. The van der Waals surface area contributed by atoms with E-state index in [9.17, 15) is 9.50 Å². The molecule has 0 aliphatic rings. The lowest BCUT2D eigenvalue weighted by Crippen LogP contribution is -2.36. The molecule has 0 aliphatic heterocycles. The molecule has 1 heterocycles. The predicted octanol–water partition coefficient (Wildman–Crippen LogP) is 3.06. The molecular formula is C19H26FN3O. The number of aliphatic hydroxyl groups is 1. The van der Waals surface area contributed by atoms with E-state index in [0.29, 0.717) is 12.2 Å². The van der Waals surface area contributed by atoms with Crippen LogP contribution in [0.5, 0.6) is 0 Å². The smallest absolute Gasteiger partial charge is 0.146 e. The lowest BCUT2D eigenvalue weighted by atomic mass is 10.1. The van der Waals surface area contributed by atoms with E-state index in [0.717, 1.165) is 16.9 Å². The van der Waals surface area contributed by atoms with Gasteiger partial charge in [-0.3, -0.25) is 0 Å². The van der Waals surface area contributed by atoms with Crippen LogP contribution in [0.4, 0.5) is 10.1 Å². The number of aromatic nitrogens is 1. The fraction of sp³-hybridized carbons (Fsp3) is 0.421. The first-order chi connectivity index (χ1) is 11.4. The Morgan fingerprint density at radius 3 is 2.33 bits per heavy atom. The summed E-state index contributed by atoms with van der Waals surface area (Å²) >= 11 is 0. The van der Waals surface area contributed by atoms with Gasteiger partial charge in [-0.25, -0.2) is 9.37 Å². The van der Waals surface area contributed by atoms with Crippen LogP contribution in [0.1, 0.15) is 19.5 Å². The summed E-state index contributed by atoms with van der Waals surface area (Å²) in [5.74, 6) is -0.0728. The minimum atomic E-state index is -0.336. The summed E-state index contributed by atoms with van der Waals surface area (Å²) in [6, 6.07) is 11.1. The van der Waals surface area contributed by atoms with Gasteiger partial charge in [0.2, 0.25) is 0 Å². The topological polar surface area (TPSA) is 48.4 Å². The Morgan fingerprint density at radius 1 is 1.12 bits per heavy atom. The Balaban J connectivity index is 2.18. The maximum atomic E-state index is 14.0. The number of halogens is 1. The second kappa shape index (κ2) is 8.22. The van der Waals surface area contributed by atoms with Crippen molar-refractivity contribution in [3.63, 3.8) is 0 Å². The van der Waals surface area contributed by atoms with Crippen molar-refractivity contribution in [2.45, 2.75) is 26.4 Å². The number of anilines is 1. The zero-order valence-corrected chi connectivity index (χ0v) is 14.8. The molecule has 0 saturated carbocycles. The Kier molecular flexibility index (Phi) is 6.29. The predicted molar refractivity (Wildman–Crippen MR) is 96.5 cm³/mol. The molecule has 24 heavy (non-hydrogen) atoms. The molecule has 4 nitrogen and oxygen atoms in total. The van der Waals surface area contributed by atoms with Crippen molar-refractivity contribution in [1.82, 2.24) is 10.3 Å². The Bertz CT molecular complexity index is 656. The summed E-state index contributed by atoms with van der Waals surface area (Å²) in [5.41, 5.74) is 3.15. The van der Waals surface area contributed by atoms with Crippen molar-refractivity contribution in [2.24, 2.45) is 5.92 Å². The van der Waals surface area contributed by atoms with Gasteiger partial charge in [-0.1, -0.05) is 26.0 Å². The second-order valence-electron chi connectivity index (χ2n) is 6.48. The third-order valence-corrected chi connectivity index (χ3v) is 4.13.